The van der Waals surface area contributed by atoms with E-state index in [4.69, 9.17) is 9.47 Å². The zero-order valence-electron chi connectivity index (χ0n) is 15.2. The van der Waals surface area contributed by atoms with Gasteiger partial charge in [0, 0.05) is 11.5 Å². The normalized spacial score (nSPS) is 17.7. The molecule has 2 aromatic carbocycles. The van der Waals surface area contributed by atoms with Crippen molar-refractivity contribution in [1.82, 2.24) is 14.7 Å². The second kappa shape index (κ2) is 6.78. The Labute approximate surface area is 160 Å². The molecule has 1 N–H and O–H groups in total. The first-order chi connectivity index (χ1) is 13.6. The Morgan fingerprint density at radius 3 is 2.75 bits per heavy atom. The number of para-hydroxylation sites is 1. The van der Waals surface area contributed by atoms with Gasteiger partial charge >= 0.3 is 6.09 Å². The molecule has 2 heterocycles. The molecule has 3 aromatic rings. The van der Waals surface area contributed by atoms with Gasteiger partial charge in [-0.05, 0) is 34.9 Å². The Morgan fingerprint density at radius 2 is 2.00 bits per heavy atom. The Kier molecular flexibility index (Phi) is 4.28. The number of methoxy groups -OCH3 is 1. The number of nitrogens with one attached hydrogen (secondary N) is 1. The van der Waals surface area contributed by atoms with Gasteiger partial charge in [-0.2, -0.15) is 5.43 Å². The van der Waals surface area contributed by atoms with Crippen LogP contribution in [0.1, 0.15) is 12.5 Å². The van der Waals surface area contributed by atoms with Gasteiger partial charge in [0.15, 0.2) is 11.4 Å². The second-order valence-corrected chi connectivity index (χ2v) is 5.95. The Balaban J connectivity index is 1.93. The summed E-state index contributed by atoms with van der Waals surface area (Å²) in [5.74, 6) is 0.885. The molecule has 1 aliphatic rings. The highest BCUT2D eigenvalue weighted by Crippen LogP contribution is 2.41. The third-order valence-electron chi connectivity index (χ3n) is 4.38. The van der Waals surface area contributed by atoms with Gasteiger partial charge < -0.3 is 19.4 Å². The van der Waals surface area contributed by atoms with E-state index >= 15 is 0 Å². The molecule has 4 rings (SSSR count). The van der Waals surface area contributed by atoms with Crippen molar-refractivity contribution in [2.45, 2.75) is 6.92 Å². The van der Waals surface area contributed by atoms with Crippen LogP contribution in [-0.4, -0.2) is 35.7 Å². The molecule has 9 heteroatoms. The summed E-state index contributed by atoms with van der Waals surface area (Å²) in [4.78, 5) is 20.7. The first kappa shape index (κ1) is 17.7. The van der Waals surface area contributed by atoms with Gasteiger partial charge in [-0.1, -0.05) is 18.2 Å². The van der Waals surface area contributed by atoms with E-state index in [-0.39, 0.29) is 5.90 Å². The minimum Gasteiger partial charge on any atom is -0.496 e. The summed E-state index contributed by atoms with van der Waals surface area (Å²) >= 11 is 0. The number of hydrogen-bond acceptors (Lipinski definition) is 8. The number of carbonyl (C=O) groups is 1. The predicted octanol–water partition coefficient (Wildman–Crippen LogP) is 2.03. The first-order valence-electron chi connectivity index (χ1n) is 8.60. The van der Waals surface area contributed by atoms with Crippen LogP contribution in [-0.2, 0) is 4.74 Å². The lowest BCUT2D eigenvalue weighted by Crippen LogP contribution is -2.59. The van der Waals surface area contributed by atoms with Crippen molar-refractivity contribution in [3.63, 3.8) is 0 Å². The van der Waals surface area contributed by atoms with Gasteiger partial charge in [0.1, 0.15) is 12.1 Å². The van der Waals surface area contributed by atoms with Gasteiger partial charge in [-0.25, -0.2) is 9.97 Å². The highest BCUT2D eigenvalue weighted by atomic mass is 16.5. The Hall–Kier alpha value is -3.72. The van der Waals surface area contributed by atoms with Crippen LogP contribution in [0.4, 0.5) is 16.3 Å². The van der Waals surface area contributed by atoms with Crippen molar-refractivity contribution < 1.29 is 19.4 Å². The zero-order valence-corrected chi connectivity index (χ0v) is 15.2. The number of carbonyl (C=O) groups excluding carboxylic acids is 1. The number of ether oxygens (including phenoxy) is 2. The average molecular weight is 379 g/mol. The van der Waals surface area contributed by atoms with Crippen LogP contribution in [0, 0.1) is 0 Å². The predicted molar refractivity (Wildman–Crippen MR) is 102 cm³/mol. The number of carboxylic acid groups (broad SMARTS) is 1. The van der Waals surface area contributed by atoms with E-state index in [2.05, 4.69) is 20.5 Å². The summed E-state index contributed by atoms with van der Waals surface area (Å²) in [6.45, 7) is 2.09. The van der Waals surface area contributed by atoms with E-state index in [1.807, 2.05) is 12.1 Å². The fourth-order valence-electron chi connectivity index (χ4n) is 3.17. The monoisotopic (exact) mass is 379 g/mol. The molecule has 9 nitrogen and oxygen atoms in total. The molecule has 0 saturated carbocycles. The first-order valence-corrected chi connectivity index (χ1v) is 8.60. The second-order valence-electron chi connectivity index (χ2n) is 5.95. The molecule has 1 atom stereocenters. The largest absolute Gasteiger partial charge is 0.496 e. The molecule has 0 spiro atoms. The average Bonchev–Trinajstić information content (AvgIpc) is 3.03. The van der Waals surface area contributed by atoms with Crippen LogP contribution in [0.3, 0.4) is 0 Å². The lowest BCUT2D eigenvalue weighted by Gasteiger charge is -2.27. The molecule has 1 unspecified atom stereocenters. The van der Waals surface area contributed by atoms with Crippen LogP contribution in [0.15, 0.2) is 53.9 Å². The number of aromatic nitrogens is 2. The fourth-order valence-corrected chi connectivity index (χ4v) is 3.17. The zero-order chi connectivity index (χ0) is 19.7. The summed E-state index contributed by atoms with van der Waals surface area (Å²) in [7, 11) is 1.50. The Bertz CT molecular complexity index is 1100. The SMILES string of the molecule is CCOC1=N[N+](Nc2ncnc3ccccc23)(C(=O)[O-])c2cccc(OC)c21. The maximum Gasteiger partial charge on any atom is 0.318 e. The van der Waals surface area contributed by atoms with Crippen molar-refractivity contribution in [1.29, 1.82) is 0 Å². The molecule has 142 valence electrons. The number of anilines is 1. The van der Waals surface area contributed by atoms with Gasteiger partial charge in [0.2, 0.25) is 5.69 Å². The number of nitrogens with zero attached hydrogens (tertiary/aromatic N) is 4. The molecule has 1 aliphatic heterocycles. The molecular weight excluding hydrogens is 362 g/mol. The summed E-state index contributed by atoms with van der Waals surface area (Å²) in [6, 6.07) is 12.3. The summed E-state index contributed by atoms with van der Waals surface area (Å²) < 4.78 is 9.92. The van der Waals surface area contributed by atoms with Crippen LogP contribution in [0.5, 0.6) is 5.75 Å². The number of benzene rings is 2. The van der Waals surface area contributed by atoms with Gasteiger partial charge in [0.25, 0.3) is 5.90 Å². The van der Waals surface area contributed by atoms with E-state index in [0.717, 1.165) is 0 Å². The van der Waals surface area contributed by atoms with Crippen LogP contribution in [0.2, 0.25) is 0 Å². The quantitative estimate of drug-likeness (QED) is 0.691. The van der Waals surface area contributed by atoms with Crippen LogP contribution < -0.4 is 20.0 Å². The highest BCUT2D eigenvalue weighted by Gasteiger charge is 2.48. The van der Waals surface area contributed by atoms with Crippen LogP contribution >= 0.6 is 0 Å². The lowest BCUT2D eigenvalue weighted by molar-refractivity contribution is -0.262. The third kappa shape index (κ3) is 2.60. The minimum absolute atomic E-state index is 0.144. The van der Waals surface area contributed by atoms with Gasteiger partial charge in [-0.15, -0.1) is 0 Å². The van der Waals surface area contributed by atoms with Crippen molar-refractivity contribution in [3.8, 4) is 5.75 Å². The van der Waals surface area contributed by atoms with Crippen molar-refractivity contribution in [2.75, 3.05) is 19.1 Å². The number of fused-ring (bicyclic) bond motifs is 2. The van der Waals surface area contributed by atoms with E-state index in [0.29, 0.717) is 40.3 Å². The van der Waals surface area contributed by atoms with Crippen molar-refractivity contribution in [3.05, 3.63) is 54.4 Å². The minimum atomic E-state index is -1.49. The standard InChI is InChI=1S/C19H17N5O4/c1-3-28-18-16-14(9-6-10-15(16)27-2)24(23-18,19(25)26)22-17-12-7-4-5-8-13(12)20-11-21-17/h4-11H,3H2,1-2H3,(H-,20,21,22,25,26). The molecule has 0 aliphatic carbocycles. The highest BCUT2D eigenvalue weighted by molar-refractivity contribution is 6.09. The maximum atomic E-state index is 12.3. The number of rotatable bonds is 4. The summed E-state index contributed by atoms with van der Waals surface area (Å²) in [5.41, 5.74) is 4.30. The smallest absolute Gasteiger partial charge is 0.318 e. The Morgan fingerprint density at radius 1 is 1.18 bits per heavy atom. The van der Waals surface area contributed by atoms with E-state index in [1.165, 1.54) is 13.4 Å². The fraction of sp³-hybridized carbons (Fsp3) is 0.158. The molecule has 0 bridgehead atoms. The maximum absolute atomic E-state index is 12.3. The topological polar surface area (TPSA) is 109 Å². The van der Waals surface area contributed by atoms with Gasteiger partial charge in [0.05, 0.1) is 19.2 Å². The molecule has 28 heavy (non-hydrogen) atoms. The summed E-state index contributed by atoms with van der Waals surface area (Å²) in [6.07, 6.45) is -0.140. The van der Waals surface area contributed by atoms with E-state index < -0.39 is 10.8 Å². The molecule has 0 saturated heterocycles. The van der Waals surface area contributed by atoms with Crippen molar-refractivity contribution in [2.24, 2.45) is 5.10 Å². The molecule has 1 aromatic heterocycles. The van der Waals surface area contributed by atoms with Gasteiger partial charge in [-0.3, -0.25) is 0 Å². The number of hydrogen-bond donors (Lipinski definition) is 1. The number of quaternary nitrogens is 1. The van der Waals surface area contributed by atoms with E-state index in [1.54, 1.807) is 37.3 Å². The van der Waals surface area contributed by atoms with E-state index in [9.17, 15) is 9.90 Å². The number of amides is 1. The molecular formula is C19H17N5O4. The molecule has 1 amide bonds. The molecule has 0 fully saturated rings. The van der Waals surface area contributed by atoms with Crippen LogP contribution in [0.25, 0.3) is 10.9 Å². The van der Waals surface area contributed by atoms with Crippen molar-refractivity contribution >= 4 is 34.4 Å². The third-order valence-corrected chi connectivity index (χ3v) is 4.38. The lowest BCUT2D eigenvalue weighted by atomic mass is 10.1. The summed E-state index contributed by atoms with van der Waals surface area (Å²) in [5, 5.41) is 17.3. The molecule has 0 radical (unpaired) electrons.